The van der Waals surface area contributed by atoms with Gasteiger partial charge in [-0.25, -0.2) is 4.68 Å². The monoisotopic (exact) mass is 509 g/mol. The summed E-state index contributed by atoms with van der Waals surface area (Å²) < 4.78 is 12.7. The molecule has 3 rings (SSSR count). The summed E-state index contributed by atoms with van der Waals surface area (Å²) in [5.74, 6) is 1.21. The summed E-state index contributed by atoms with van der Waals surface area (Å²) in [6.45, 7) is 4.30. The van der Waals surface area contributed by atoms with Crippen LogP contribution in [0.5, 0.6) is 11.5 Å². The van der Waals surface area contributed by atoms with Crippen LogP contribution in [-0.4, -0.2) is 61.6 Å². The predicted molar refractivity (Wildman–Crippen MR) is 130 cm³/mol. The van der Waals surface area contributed by atoms with Crippen LogP contribution in [0.25, 0.3) is 0 Å². The molecule has 3 N–H and O–H groups in total. The number of hydrogen-bond donors (Lipinski definition) is 3. The first-order valence-electron chi connectivity index (χ1n) is 10.8. The van der Waals surface area contributed by atoms with Crippen molar-refractivity contribution in [1.29, 1.82) is 0 Å². The van der Waals surface area contributed by atoms with E-state index in [-0.39, 0.29) is 37.7 Å². The number of rotatable bonds is 12. The van der Waals surface area contributed by atoms with Crippen molar-refractivity contribution >= 4 is 23.2 Å². The molecule has 0 bridgehead atoms. The highest BCUT2D eigenvalue weighted by Crippen LogP contribution is 2.36. The van der Waals surface area contributed by atoms with Crippen molar-refractivity contribution < 1.29 is 24.8 Å². The maximum Gasteiger partial charge on any atom is 0.138 e. The molecule has 2 atom stereocenters. The Morgan fingerprint density at radius 2 is 1.68 bits per heavy atom. The molecule has 0 aliphatic carbocycles. The van der Waals surface area contributed by atoms with Crippen LogP contribution in [-0.2, 0) is 18.6 Å². The van der Waals surface area contributed by atoms with Crippen LogP contribution in [0.1, 0.15) is 30.7 Å². The minimum atomic E-state index is -0.809. The number of aliphatic hydroxyl groups excluding tert-OH is 3. The van der Waals surface area contributed by atoms with Crippen molar-refractivity contribution in [1.82, 2.24) is 15.0 Å². The molecule has 10 heteroatoms. The van der Waals surface area contributed by atoms with E-state index in [4.69, 9.17) is 32.7 Å². The predicted octanol–water partition coefficient (Wildman–Crippen LogP) is 3.17. The van der Waals surface area contributed by atoms with Gasteiger partial charge in [-0.05, 0) is 35.4 Å². The maximum absolute atomic E-state index is 10.2. The van der Waals surface area contributed by atoms with Crippen LogP contribution in [0.3, 0.4) is 0 Å². The number of aromatic nitrogens is 3. The molecule has 2 aromatic carbocycles. The van der Waals surface area contributed by atoms with E-state index in [9.17, 15) is 15.3 Å². The summed E-state index contributed by atoms with van der Waals surface area (Å²) in [5, 5.41) is 37.1. The highest BCUT2D eigenvalue weighted by molar-refractivity contribution is 6.32. The maximum atomic E-state index is 10.2. The van der Waals surface area contributed by atoms with Gasteiger partial charge in [0.25, 0.3) is 0 Å². The molecular weight excluding hydrogens is 481 g/mol. The number of halogens is 2. The second-order valence-electron chi connectivity index (χ2n) is 8.44. The van der Waals surface area contributed by atoms with Crippen molar-refractivity contribution in [3.8, 4) is 11.5 Å². The first kappa shape index (κ1) is 26.2. The average Bonchev–Trinajstić information content (AvgIpc) is 3.28. The minimum Gasteiger partial charge on any atom is -0.491 e. The molecule has 0 fully saturated rings. The van der Waals surface area contributed by atoms with Crippen molar-refractivity contribution in [2.75, 3.05) is 19.1 Å². The first-order chi connectivity index (χ1) is 16.2. The summed E-state index contributed by atoms with van der Waals surface area (Å²) >= 11 is 12.0. The summed E-state index contributed by atoms with van der Waals surface area (Å²) in [5.41, 5.74) is 2.24. The fourth-order valence-corrected chi connectivity index (χ4v) is 3.70. The Labute approximate surface area is 208 Å². The molecule has 8 nitrogen and oxygen atoms in total. The molecule has 0 aliphatic rings. The SMILES string of the molecule is CC(C)(c1ccc(OCC(O)Cn2nncc2CO)cc1)c1ccc(OCC(O)CCl)c(Cl)c1. The number of aliphatic hydroxyl groups is 3. The van der Waals surface area contributed by atoms with E-state index in [2.05, 4.69) is 24.2 Å². The summed E-state index contributed by atoms with van der Waals surface area (Å²) in [6.07, 6.45) is -0.110. The lowest BCUT2D eigenvalue weighted by Gasteiger charge is -2.27. The molecule has 3 aromatic rings. The third kappa shape index (κ3) is 6.61. The van der Waals surface area contributed by atoms with Gasteiger partial charge in [0.15, 0.2) is 0 Å². The van der Waals surface area contributed by atoms with Crippen LogP contribution in [0, 0.1) is 0 Å². The molecule has 0 spiro atoms. The lowest BCUT2D eigenvalue weighted by Crippen LogP contribution is -2.25. The summed E-state index contributed by atoms with van der Waals surface area (Å²) in [4.78, 5) is 0. The molecule has 0 saturated heterocycles. The number of nitrogens with zero attached hydrogens (tertiary/aromatic N) is 3. The Hall–Kier alpha value is -2.36. The summed E-state index contributed by atoms with van der Waals surface area (Å²) in [7, 11) is 0. The zero-order chi connectivity index (χ0) is 24.7. The summed E-state index contributed by atoms with van der Waals surface area (Å²) in [6, 6.07) is 13.2. The fourth-order valence-electron chi connectivity index (χ4n) is 3.37. The molecule has 1 heterocycles. The molecular formula is C24H29Cl2N3O5. The lowest BCUT2D eigenvalue weighted by molar-refractivity contribution is 0.0866. The van der Waals surface area contributed by atoms with Gasteiger partial charge in [0, 0.05) is 5.41 Å². The molecule has 2 unspecified atom stereocenters. The number of alkyl halides is 1. The molecule has 0 aliphatic heterocycles. The molecule has 0 radical (unpaired) electrons. The lowest BCUT2D eigenvalue weighted by atomic mass is 9.78. The standard InChI is InChI=1S/C24H29Cl2N3O5/c1-24(2,17-5-8-23(22(26)9-17)34-14-19(31)10-25)16-3-6-21(7-4-16)33-15-20(32)12-29-18(13-30)11-27-28-29/h3-9,11,19-20,30-32H,10,12-15H2,1-2H3. The second kappa shape index (κ2) is 11.9. The van der Waals surface area contributed by atoms with E-state index in [0.29, 0.717) is 22.2 Å². The van der Waals surface area contributed by atoms with Crippen LogP contribution < -0.4 is 9.47 Å². The van der Waals surface area contributed by atoms with Gasteiger partial charge >= 0.3 is 0 Å². The van der Waals surface area contributed by atoms with Gasteiger partial charge in [0.1, 0.15) is 36.9 Å². The number of ether oxygens (including phenoxy) is 2. The molecule has 1 aromatic heterocycles. The van der Waals surface area contributed by atoms with Gasteiger partial charge < -0.3 is 24.8 Å². The normalized spacial score (nSPS) is 13.5. The van der Waals surface area contributed by atoms with E-state index in [1.807, 2.05) is 36.4 Å². The van der Waals surface area contributed by atoms with Gasteiger partial charge in [-0.3, -0.25) is 0 Å². The molecule has 0 saturated carbocycles. The highest BCUT2D eigenvalue weighted by Gasteiger charge is 2.24. The van der Waals surface area contributed by atoms with Crippen LogP contribution >= 0.6 is 23.2 Å². The van der Waals surface area contributed by atoms with E-state index < -0.39 is 12.2 Å². The third-order valence-electron chi connectivity index (χ3n) is 5.52. The van der Waals surface area contributed by atoms with Crippen LogP contribution in [0.15, 0.2) is 48.7 Å². The molecule has 0 amide bonds. The van der Waals surface area contributed by atoms with E-state index in [0.717, 1.165) is 11.1 Å². The van der Waals surface area contributed by atoms with Crippen molar-refractivity contribution in [2.45, 2.75) is 44.6 Å². The number of benzene rings is 2. The first-order valence-corrected chi connectivity index (χ1v) is 11.7. The van der Waals surface area contributed by atoms with Gasteiger partial charge in [-0.15, -0.1) is 16.7 Å². The van der Waals surface area contributed by atoms with E-state index >= 15 is 0 Å². The van der Waals surface area contributed by atoms with E-state index in [1.54, 1.807) is 6.07 Å². The van der Waals surface area contributed by atoms with Crippen molar-refractivity contribution in [3.63, 3.8) is 0 Å². The zero-order valence-corrected chi connectivity index (χ0v) is 20.6. The van der Waals surface area contributed by atoms with Gasteiger partial charge in [0.05, 0.1) is 35.9 Å². The van der Waals surface area contributed by atoms with Crippen molar-refractivity contribution in [2.24, 2.45) is 0 Å². The Morgan fingerprint density at radius 1 is 1.00 bits per heavy atom. The van der Waals surface area contributed by atoms with Crippen molar-refractivity contribution in [3.05, 3.63) is 70.5 Å². The van der Waals surface area contributed by atoms with Gasteiger partial charge in [-0.2, -0.15) is 0 Å². The zero-order valence-electron chi connectivity index (χ0n) is 19.1. The molecule has 34 heavy (non-hydrogen) atoms. The van der Waals surface area contributed by atoms with Crippen LogP contribution in [0.4, 0.5) is 0 Å². The largest absolute Gasteiger partial charge is 0.491 e. The van der Waals surface area contributed by atoms with Crippen LogP contribution in [0.2, 0.25) is 5.02 Å². The topological polar surface area (TPSA) is 110 Å². The Kier molecular flexibility index (Phi) is 9.16. The van der Waals surface area contributed by atoms with Gasteiger partial charge in [0.2, 0.25) is 0 Å². The Bertz CT molecular complexity index is 1060. The fraction of sp³-hybridized carbons (Fsp3) is 0.417. The van der Waals surface area contributed by atoms with Gasteiger partial charge in [-0.1, -0.05) is 48.9 Å². The highest BCUT2D eigenvalue weighted by atomic mass is 35.5. The average molecular weight is 510 g/mol. The Balaban J connectivity index is 1.61. The van der Waals surface area contributed by atoms with E-state index in [1.165, 1.54) is 10.9 Å². The number of hydrogen-bond acceptors (Lipinski definition) is 7. The Morgan fingerprint density at radius 3 is 2.32 bits per heavy atom. The quantitative estimate of drug-likeness (QED) is 0.321. The molecule has 184 valence electrons. The smallest absolute Gasteiger partial charge is 0.138 e. The minimum absolute atomic E-state index is 0.0724. The second-order valence-corrected chi connectivity index (χ2v) is 9.16. The third-order valence-corrected chi connectivity index (χ3v) is 6.18.